The van der Waals surface area contributed by atoms with Gasteiger partial charge in [0.05, 0.1) is 37.0 Å². The lowest BCUT2D eigenvalue weighted by Crippen LogP contribution is -2.13. The molecule has 1 aliphatic carbocycles. The van der Waals surface area contributed by atoms with E-state index in [-0.39, 0.29) is 5.91 Å². The molecule has 0 saturated carbocycles. The van der Waals surface area contributed by atoms with Crippen molar-refractivity contribution in [1.29, 1.82) is 0 Å². The Kier molecular flexibility index (Phi) is 5.17. The van der Waals surface area contributed by atoms with E-state index >= 15 is 0 Å². The second kappa shape index (κ2) is 8.24. The predicted octanol–water partition coefficient (Wildman–Crippen LogP) is 4.15. The summed E-state index contributed by atoms with van der Waals surface area (Å²) >= 11 is 0. The fraction of sp³-hybridized carbons (Fsp3) is 0.321. The molecule has 0 bridgehead atoms. The molecule has 1 atom stereocenters. The van der Waals surface area contributed by atoms with Gasteiger partial charge in [0.15, 0.2) is 0 Å². The molecule has 3 aromatic carbocycles. The van der Waals surface area contributed by atoms with Gasteiger partial charge < -0.3 is 24.5 Å². The van der Waals surface area contributed by atoms with E-state index in [2.05, 4.69) is 46.3 Å². The molecule has 1 unspecified atom stereocenters. The topological polar surface area (TPSA) is 72.7 Å². The normalized spacial score (nSPS) is 15.0. The van der Waals surface area contributed by atoms with Gasteiger partial charge in [-0.2, -0.15) is 0 Å². The van der Waals surface area contributed by atoms with Gasteiger partial charge in [0.2, 0.25) is 0 Å². The van der Waals surface area contributed by atoms with Gasteiger partial charge in [-0.1, -0.05) is 30.3 Å². The molecule has 6 heteroatoms. The minimum atomic E-state index is -0.497. The first-order chi connectivity index (χ1) is 16.6. The van der Waals surface area contributed by atoms with Crippen LogP contribution in [0, 0.1) is 0 Å². The van der Waals surface area contributed by atoms with E-state index in [9.17, 15) is 9.90 Å². The van der Waals surface area contributed by atoms with Gasteiger partial charge in [0.1, 0.15) is 0 Å². The highest BCUT2D eigenvalue weighted by molar-refractivity contribution is 6.20. The van der Waals surface area contributed by atoms with Crippen LogP contribution in [-0.2, 0) is 35.6 Å². The Morgan fingerprint density at radius 3 is 2.79 bits per heavy atom. The Morgan fingerprint density at radius 2 is 1.97 bits per heavy atom. The molecule has 0 radical (unpaired) electrons. The second-order valence-corrected chi connectivity index (χ2v) is 9.30. The average Bonchev–Trinajstić information content (AvgIpc) is 3.48. The number of aliphatic hydroxyl groups excluding tert-OH is 1. The molecule has 6 nitrogen and oxygen atoms in total. The van der Waals surface area contributed by atoms with Gasteiger partial charge in [0, 0.05) is 48.5 Å². The predicted molar refractivity (Wildman–Crippen MR) is 132 cm³/mol. The van der Waals surface area contributed by atoms with Crippen LogP contribution in [0.15, 0.2) is 42.5 Å². The molecule has 1 amide bonds. The number of hydrogen-bond acceptors (Lipinski definition) is 4. The third kappa shape index (κ3) is 3.17. The molecule has 34 heavy (non-hydrogen) atoms. The van der Waals surface area contributed by atoms with Crippen LogP contribution in [0.4, 0.5) is 0 Å². The third-order valence-electron chi connectivity index (χ3n) is 7.02. The van der Waals surface area contributed by atoms with Crippen molar-refractivity contribution in [3.05, 3.63) is 70.3 Å². The molecule has 1 aliphatic heterocycles. The summed E-state index contributed by atoms with van der Waals surface area (Å²) in [5.41, 5.74) is 9.79. The van der Waals surface area contributed by atoms with Gasteiger partial charge in [-0.3, -0.25) is 4.79 Å². The van der Waals surface area contributed by atoms with Gasteiger partial charge in [-0.15, -0.1) is 0 Å². The van der Waals surface area contributed by atoms with Gasteiger partial charge in [0.25, 0.3) is 5.91 Å². The largest absolute Gasteiger partial charge is 0.392 e. The van der Waals surface area contributed by atoms with Crippen LogP contribution < -0.4 is 5.32 Å². The maximum Gasteiger partial charge on any atom is 0.252 e. The van der Waals surface area contributed by atoms with E-state index in [0.29, 0.717) is 32.9 Å². The summed E-state index contributed by atoms with van der Waals surface area (Å²) < 4.78 is 13.1. The minimum Gasteiger partial charge on any atom is -0.392 e. The zero-order valence-corrected chi connectivity index (χ0v) is 19.5. The molecule has 174 valence electrons. The van der Waals surface area contributed by atoms with E-state index in [0.717, 1.165) is 56.0 Å². The lowest BCUT2D eigenvalue weighted by molar-refractivity contribution is 0.0617. The Labute approximate surface area is 198 Å². The number of aliphatic hydroxyl groups is 1. The van der Waals surface area contributed by atoms with Crippen molar-refractivity contribution in [2.45, 2.75) is 39.1 Å². The number of methoxy groups -OCH3 is 1. The lowest BCUT2D eigenvalue weighted by atomic mass is 9.92. The number of fused-ring (bicyclic) bond motifs is 10. The van der Waals surface area contributed by atoms with Crippen molar-refractivity contribution in [2.24, 2.45) is 0 Å². The second-order valence-electron chi connectivity index (χ2n) is 9.30. The maximum atomic E-state index is 13.1. The van der Waals surface area contributed by atoms with Crippen LogP contribution in [0.5, 0.6) is 0 Å². The molecule has 0 spiro atoms. The summed E-state index contributed by atoms with van der Waals surface area (Å²) in [6, 6.07) is 14.8. The number of carbonyl (C=O) groups is 1. The zero-order chi connectivity index (χ0) is 23.4. The van der Waals surface area contributed by atoms with Gasteiger partial charge in [-0.05, 0) is 46.9 Å². The average molecular weight is 457 g/mol. The van der Waals surface area contributed by atoms with E-state index in [4.69, 9.17) is 9.47 Å². The van der Waals surface area contributed by atoms with Crippen molar-refractivity contribution in [1.82, 2.24) is 9.88 Å². The number of amides is 1. The van der Waals surface area contributed by atoms with Crippen molar-refractivity contribution >= 4 is 27.7 Å². The van der Waals surface area contributed by atoms with Gasteiger partial charge >= 0.3 is 0 Å². The van der Waals surface area contributed by atoms with E-state index < -0.39 is 6.10 Å². The van der Waals surface area contributed by atoms with Crippen molar-refractivity contribution in [3.63, 3.8) is 0 Å². The highest BCUT2D eigenvalue weighted by atomic mass is 16.5. The standard InChI is InChI=1S/C28H28N2O4/c1-16(31)14-30-23-8-7-17(15-34-10-9-33-2)11-20(23)25-22-13-29-28(32)26(22)24-19-6-4-3-5-18(19)12-21(24)27(25)30/h3-8,11,16,31H,9-10,12-15H2,1-2H3,(H,29,32). The fourth-order valence-corrected chi connectivity index (χ4v) is 5.70. The maximum absolute atomic E-state index is 13.1. The molecular formula is C28H28N2O4. The molecule has 2 N–H and O–H groups in total. The number of nitrogens with one attached hydrogen (secondary N) is 1. The van der Waals surface area contributed by atoms with Crippen LogP contribution in [0.3, 0.4) is 0 Å². The van der Waals surface area contributed by atoms with Crippen LogP contribution in [0.25, 0.3) is 32.9 Å². The molecule has 0 saturated heterocycles. The summed E-state index contributed by atoms with van der Waals surface area (Å²) in [6.45, 7) is 4.43. The SMILES string of the molecule is COCCOCc1ccc2c(c1)c1c3c(c4c(c1n2CC(C)O)Cc1ccccc1-4)C(=O)NC3. The number of nitrogens with zero attached hydrogens (tertiary/aromatic N) is 1. The molecule has 4 aromatic rings. The number of benzene rings is 3. The summed E-state index contributed by atoms with van der Waals surface area (Å²) in [4.78, 5) is 13.1. The molecule has 0 fully saturated rings. The van der Waals surface area contributed by atoms with Crippen molar-refractivity contribution in [2.75, 3.05) is 20.3 Å². The van der Waals surface area contributed by atoms with E-state index in [1.165, 1.54) is 11.1 Å². The Balaban J connectivity index is 1.65. The molecule has 6 rings (SSSR count). The summed E-state index contributed by atoms with van der Waals surface area (Å²) in [5.74, 6) is 0.000308. The first-order valence-electron chi connectivity index (χ1n) is 11.8. The summed E-state index contributed by atoms with van der Waals surface area (Å²) in [6.07, 6.45) is 0.286. The first kappa shape index (κ1) is 21.4. The number of rotatable bonds is 7. The highest BCUT2D eigenvalue weighted by Crippen LogP contribution is 2.48. The molecule has 2 heterocycles. The first-order valence-corrected chi connectivity index (χ1v) is 11.8. The molecular weight excluding hydrogens is 428 g/mol. The smallest absolute Gasteiger partial charge is 0.252 e. The van der Waals surface area contributed by atoms with E-state index in [1.54, 1.807) is 7.11 Å². The Morgan fingerprint density at radius 1 is 1.12 bits per heavy atom. The Bertz CT molecular complexity index is 1450. The number of ether oxygens (including phenoxy) is 2. The Hall–Kier alpha value is -3.19. The minimum absolute atomic E-state index is 0.000308. The monoisotopic (exact) mass is 456 g/mol. The summed E-state index contributed by atoms with van der Waals surface area (Å²) in [7, 11) is 1.67. The van der Waals surface area contributed by atoms with Gasteiger partial charge in [-0.25, -0.2) is 0 Å². The zero-order valence-electron chi connectivity index (χ0n) is 19.5. The summed E-state index contributed by atoms with van der Waals surface area (Å²) in [5, 5.41) is 15.7. The van der Waals surface area contributed by atoms with Crippen LogP contribution in [0.2, 0.25) is 0 Å². The van der Waals surface area contributed by atoms with E-state index in [1.807, 2.05) is 13.0 Å². The molecule has 1 aromatic heterocycles. The number of carbonyl (C=O) groups excluding carboxylic acids is 1. The van der Waals surface area contributed by atoms with Crippen LogP contribution in [0.1, 0.15) is 39.5 Å². The number of hydrogen-bond donors (Lipinski definition) is 2. The fourth-order valence-electron chi connectivity index (χ4n) is 5.70. The van der Waals surface area contributed by atoms with Crippen LogP contribution >= 0.6 is 0 Å². The van der Waals surface area contributed by atoms with Crippen LogP contribution in [-0.4, -0.2) is 42.0 Å². The highest BCUT2D eigenvalue weighted by Gasteiger charge is 2.35. The third-order valence-corrected chi connectivity index (χ3v) is 7.02. The van der Waals surface area contributed by atoms with Crippen molar-refractivity contribution in [3.8, 4) is 11.1 Å². The molecule has 2 aliphatic rings. The lowest BCUT2D eigenvalue weighted by Gasteiger charge is -2.14. The quantitative estimate of drug-likeness (QED) is 0.361. The van der Waals surface area contributed by atoms with Crippen molar-refractivity contribution < 1.29 is 19.4 Å². The number of aromatic nitrogens is 1.